The summed E-state index contributed by atoms with van der Waals surface area (Å²) in [6.45, 7) is 3.43. The molecule has 1 rings (SSSR count). The molecule has 0 bridgehead atoms. The van der Waals surface area contributed by atoms with Gasteiger partial charge in [-0.15, -0.1) is 0 Å². The van der Waals surface area contributed by atoms with Gasteiger partial charge in [0.15, 0.2) is 0 Å². The van der Waals surface area contributed by atoms with Gasteiger partial charge in [-0.25, -0.2) is 5.84 Å². The van der Waals surface area contributed by atoms with Crippen molar-refractivity contribution in [3.05, 3.63) is 0 Å². The Balaban J connectivity index is 2.07. The number of nitrogens with two attached hydrogens (primary N) is 1. The lowest BCUT2D eigenvalue weighted by atomic mass is 10.2. The van der Waals surface area contributed by atoms with E-state index in [1.165, 1.54) is 38.8 Å². The first-order valence-corrected chi connectivity index (χ1v) is 5.55. The number of carbonyl (C=O) groups is 1. The second-order valence-corrected chi connectivity index (χ2v) is 3.93. The third kappa shape index (κ3) is 4.58. The molecule has 0 aromatic carbocycles. The maximum absolute atomic E-state index is 10.9. The van der Waals surface area contributed by atoms with Crippen LogP contribution in [0.5, 0.6) is 0 Å². The number of hydrazine groups is 1. The van der Waals surface area contributed by atoms with Gasteiger partial charge in [-0.05, 0) is 38.9 Å². The fourth-order valence-electron chi connectivity index (χ4n) is 1.90. The minimum Gasteiger partial charge on any atom is -0.303 e. The fourth-order valence-corrected chi connectivity index (χ4v) is 1.90. The molecule has 0 saturated carbocycles. The van der Waals surface area contributed by atoms with Gasteiger partial charge in [0.05, 0.1) is 0 Å². The highest BCUT2D eigenvalue weighted by Crippen LogP contribution is 2.09. The van der Waals surface area contributed by atoms with Crippen molar-refractivity contribution in [2.24, 2.45) is 5.84 Å². The normalized spacial score (nSPS) is 18.9. The number of rotatable bonds is 4. The summed E-state index contributed by atoms with van der Waals surface area (Å²) in [5.41, 5.74) is 2.16. The van der Waals surface area contributed by atoms with E-state index >= 15 is 0 Å². The van der Waals surface area contributed by atoms with Gasteiger partial charge in [0.2, 0.25) is 5.91 Å². The predicted molar refractivity (Wildman–Crippen MR) is 56.5 cm³/mol. The molecule has 0 aromatic rings. The summed E-state index contributed by atoms with van der Waals surface area (Å²) in [7, 11) is 0. The van der Waals surface area contributed by atoms with E-state index in [1.54, 1.807) is 0 Å². The van der Waals surface area contributed by atoms with E-state index in [-0.39, 0.29) is 5.91 Å². The molecule has 0 atom stereocenters. The summed E-state index contributed by atoms with van der Waals surface area (Å²) in [5, 5.41) is 0. The summed E-state index contributed by atoms with van der Waals surface area (Å²) in [4.78, 5) is 13.3. The van der Waals surface area contributed by atoms with Crippen molar-refractivity contribution in [1.82, 2.24) is 10.3 Å². The molecule has 1 fully saturated rings. The summed E-state index contributed by atoms with van der Waals surface area (Å²) in [6, 6.07) is 0. The monoisotopic (exact) mass is 199 g/mol. The van der Waals surface area contributed by atoms with Crippen molar-refractivity contribution in [2.45, 2.75) is 38.5 Å². The molecule has 1 aliphatic heterocycles. The van der Waals surface area contributed by atoms with Crippen LogP contribution >= 0.6 is 0 Å². The van der Waals surface area contributed by atoms with Gasteiger partial charge in [-0.1, -0.05) is 12.8 Å². The van der Waals surface area contributed by atoms with Gasteiger partial charge in [-0.3, -0.25) is 10.2 Å². The minimum absolute atomic E-state index is 0.0557. The average molecular weight is 199 g/mol. The van der Waals surface area contributed by atoms with E-state index in [0.717, 1.165) is 13.0 Å². The Morgan fingerprint density at radius 2 is 1.86 bits per heavy atom. The van der Waals surface area contributed by atoms with Crippen molar-refractivity contribution < 1.29 is 4.79 Å². The van der Waals surface area contributed by atoms with Crippen LogP contribution in [-0.2, 0) is 4.79 Å². The molecule has 0 aliphatic carbocycles. The minimum atomic E-state index is -0.0557. The number of hydrogen-bond acceptors (Lipinski definition) is 3. The standard InChI is InChI=1S/C10H21N3O/c11-12-10(14)6-5-9-13-7-3-1-2-4-8-13/h1-9,11H2,(H,12,14). The number of amides is 1. The fraction of sp³-hybridized carbons (Fsp3) is 0.900. The zero-order valence-corrected chi connectivity index (χ0v) is 8.80. The van der Waals surface area contributed by atoms with E-state index < -0.39 is 0 Å². The van der Waals surface area contributed by atoms with Crippen molar-refractivity contribution in [3.8, 4) is 0 Å². The molecular formula is C10H21N3O. The number of hydrogen-bond donors (Lipinski definition) is 2. The van der Waals surface area contributed by atoms with Crippen LogP contribution in [0, 0.1) is 0 Å². The maximum atomic E-state index is 10.9. The molecule has 1 saturated heterocycles. The third-order valence-corrected chi connectivity index (χ3v) is 2.74. The largest absolute Gasteiger partial charge is 0.303 e. The second-order valence-electron chi connectivity index (χ2n) is 3.93. The molecule has 0 spiro atoms. The first-order valence-electron chi connectivity index (χ1n) is 5.55. The molecular weight excluding hydrogens is 178 g/mol. The van der Waals surface area contributed by atoms with Crippen LogP contribution in [0.2, 0.25) is 0 Å². The molecule has 3 N–H and O–H groups in total. The lowest BCUT2D eigenvalue weighted by Crippen LogP contribution is -2.31. The van der Waals surface area contributed by atoms with Crippen molar-refractivity contribution in [3.63, 3.8) is 0 Å². The second kappa shape index (κ2) is 6.79. The molecule has 1 amide bonds. The smallest absolute Gasteiger partial charge is 0.233 e. The lowest BCUT2D eigenvalue weighted by Gasteiger charge is -2.18. The van der Waals surface area contributed by atoms with Crippen molar-refractivity contribution >= 4 is 5.91 Å². The van der Waals surface area contributed by atoms with Gasteiger partial charge in [0, 0.05) is 6.42 Å². The van der Waals surface area contributed by atoms with Crippen molar-refractivity contribution in [2.75, 3.05) is 19.6 Å². The number of nitrogens with one attached hydrogen (secondary N) is 1. The lowest BCUT2D eigenvalue weighted by molar-refractivity contribution is -0.121. The number of nitrogens with zero attached hydrogens (tertiary/aromatic N) is 1. The van der Waals surface area contributed by atoms with E-state index in [0.29, 0.717) is 6.42 Å². The van der Waals surface area contributed by atoms with Crippen LogP contribution in [0.3, 0.4) is 0 Å². The number of carbonyl (C=O) groups excluding carboxylic acids is 1. The average Bonchev–Trinajstić information content (AvgIpc) is 2.46. The topological polar surface area (TPSA) is 58.4 Å². The Morgan fingerprint density at radius 1 is 1.21 bits per heavy atom. The van der Waals surface area contributed by atoms with Gasteiger partial charge in [-0.2, -0.15) is 0 Å². The molecule has 1 heterocycles. The summed E-state index contributed by atoms with van der Waals surface area (Å²) in [5.74, 6) is 4.95. The highest BCUT2D eigenvalue weighted by Gasteiger charge is 2.08. The molecule has 0 unspecified atom stereocenters. The number of likely N-dealkylation sites (tertiary alicyclic amines) is 1. The van der Waals surface area contributed by atoms with E-state index in [1.807, 2.05) is 0 Å². The first kappa shape index (κ1) is 11.5. The van der Waals surface area contributed by atoms with Gasteiger partial charge >= 0.3 is 0 Å². The summed E-state index contributed by atoms with van der Waals surface area (Å²) >= 11 is 0. The summed E-state index contributed by atoms with van der Waals surface area (Å²) < 4.78 is 0. The summed E-state index contributed by atoms with van der Waals surface area (Å²) in [6.07, 6.45) is 6.81. The van der Waals surface area contributed by atoms with Crippen LogP contribution in [0.1, 0.15) is 38.5 Å². The Labute approximate surface area is 85.8 Å². The molecule has 1 aliphatic rings. The molecule has 4 nitrogen and oxygen atoms in total. The van der Waals surface area contributed by atoms with Crippen LogP contribution in [0.15, 0.2) is 0 Å². The zero-order valence-electron chi connectivity index (χ0n) is 8.80. The zero-order chi connectivity index (χ0) is 10.2. The molecule has 0 aromatic heterocycles. The van der Waals surface area contributed by atoms with Crippen LogP contribution in [0.4, 0.5) is 0 Å². The van der Waals surface area contributed by atoms with E-state index in [9.17, 15) is 4.79 Å². The highest BCUT2D eigenvalue weighted by atomic mass is 16.2. The highest BCUT2D eigenvalue weighted by molar-refractivity contribution is 5.75. The molecule has 4 heteroatoms. The van der Waals surface area contributed by atoms with Gasteiger partial charge in [0.25, 0.3) is 0 Å². The Morgan fingerprint density at radius 3 is 2.43 bits per heavy atom. The Hall–Kier alpha value is -0.610. The van der Waals surface area contributed by atoms with Crippen LogP contribution in [0.25, 0.3) is 0 Å². The van der Waals surface area contributed by atoms with E-state index in [4.69, 9.17) is 5.84 Å². The van der Waals surface area contributed by atoms with Gasteiger partial charge < -0.3 is 4.90 Å². The van der Waals surface area contributed by atoms with Gasteiger partial charge in [0.1, 0.15) is 0 Å². The van der Waals surface area contributed by atoms with Crippen molar-refractivity contribution in [1.29, 1.82) is 0 Å². The maximum Gasteiger partial charge on any atom is 0.233 e. The predicted octanol–water partition coefficient (Wildman–Crippen LogP) is 0.632. The Kier molecular flexibility index (Phi) is 5.56. The van der Waals surface area contributed by atoms with E-state index in [2.05, 4.69) is 10.3 Å². The first-order chi connectivity index (χ1) is 6.83. The molecule has 0 radical (unpaired) electrons. The molecule has 82 valence electrons. The Bertz CT molecular complexity index is 165. The van der Waals surface area contributed by atoms with Crippen LogP contribution in [-0.4, -0.2) is 30.4 Å². The third-order valence-electron chi connectivity index (χ3n) is 2.74. The van der Waals surface area contributed by atoms with Crippen LogP contribution < -0.4 is 11.3 Å². The SMILES string of the molecule is NNC(=O)CCCN1CCCCCC1. The quantitative estimate of drug-likeness (QED) is 0.397. The molecule has 14 heavy (non-hydrogen) atoms.